The van der Waals surface area contributed by atoms with Gasteiger partial charge in [-0.1, -0.05) is 42.3 Å². The molecule has 64 valence electrons. The predicted octanol–water partition coefficient (Wildman–Crippen LogP) is 2.94. The maximum Gasteiger partial charge on any atom is 0.0651 e. The van der Waals surface area contributed by atoms with Gasteiger partial charge in [0.1, 0.15) is 0 Å². The van der Waals surface area contributed by atoms with Crippen LogP contribution < -0.4 is 5.73 Å². The Bertz CT molecular complexity index is 675. The molecular weight excluding hydrogens is 158 g/mol. The van der Waals surface area contributed by atoms with Crippen molar-refractivity contribution in [1.82, 2.24) is 0 Å². The van der Waals surface area contributed by atoms with Gasteiger partial charge in [-0.25, -0.2) is 0 Å². The number of nitrogen functional groups attached to an aromatic ring is 1. The first-order valence-electron chi connectivity index (χ1n) is 8.04. The summed E-state index contributed by atoms with van der Waals surface area (Å²) >= 11 is 0. The van der Waals surface area contributed by atoms with Crippen molar-refractivity contribution in [1.29, 1.82) is 0 Å². The molecule has 0 radical (unpaired) electrons. The van der Waals surface area contributed by atoms with Crippen LogP contribution in [0.3, 0.4) is 0 Å². The molecule has 2 aromatic rings. The third-order valence-corrected chi connectivity index (χ3v) is 1.39. The minimum atomic E-state index is -0.602. The lowest BCUT2D eigenvalue weighted by Gasteiger charge is -2.01. The van der Waals surface area contributed by atoms with Crippen molar-refractivity contribution in [2.45, 2.75) is 0 Å². The van der Waals surface area contributed by atoms with Crippen molar-refractivity contribution >= 4 is 5.69 Å². The van der Waals surface area contributed by atoms with Crippen LogP contribution in [0.1, 0.15) is 12.3 Å². The van der Waals surface area contributed by atoms with Crippen molar-refractivity contribution in [3.63, 3.8) is 0 Å². The zero-order chi connectivity index (χ0) is 16.9. The van der Waals surface area contributed by atoms with E-state index in [1.54, 1.807) is 0 Å². The fourth-order valence-corrected chi connectivity index (χ4v) is 0.858. The first-order chi connectivity index (χ1) is 10.1. The number of nitrogens with two attached hydrogens (primary N) is 1. The molecule has 0 saturated heterocycles. The van der Waals surface area contributed by atoms with Gasteiger partial charge in [-0.15, -0.1) is 0 Å². The second kappa shape index (κ2) is 3.31. The molecule has 0 aromatic heterocycles. The number of hydrogen-bond acceptors (Lipinski definition) is 1. The molecule has 0 aliphatic rings. The van der Waals surface area contributed by atoms with Crippen LogP contribution in [0.5, 0.6) is 0 Å². The van der Waals surface area contributed by atoms with Crippen molar-refractivity contribution in [3.05, 3.63) is 54.4 Å². The van der Waals surface area contributed by atoms with E-state index in [0.29, 0.717) is 0 Å². The molecule has 0 atom stereocenters. The highest BCUT2D eigenvalue weighted by molar-refractivity contribution is 5.66. The van der Waals surface area contributed by atoms with E-state index in [9.17, 15) is 0 Å². The standard InChI is InChI=1S/C12H11N/c13-12-8-4-7-11(9-12)10-5-2-1-3-6-10/h1-9H,13H2/i1D,2D,3D,4D,5D,6D,7D,8D,9D. The number of hydrogen-bond donors (Lipinski definition) is 1. The summed E-state index contributed by atoms with van der Waals surface area (Å²) in [4.78, 5) is 0. The Hall–Kier alpha value is -1.76. The largest absolute Gasteiger partial charge is 0.399 e. The van der Waals surface area contributed by atoms with Gasteiger partial charge < -0.3 is 5.73 Å². The summed E-state index contributed by atoms with van der Waals surface area (Å²) < 4.78 is 69.6. The van der Waals surface area contributed by atoms with Crippen LogP contribution in [0.15, 0.2) is 54.4 Å². The van der Waals surface area contributed by atoms with Crippen LogP contribution >= 0.6 is 0 Å². The molecule has 0 bridgehead atoms. The molecule has 0 spiro atoms. The van der Waals surface area contributed by atoms with Gasteiger partial charge in [0.25, 0.3) is 0 Å². The Labute approximate surface area is 90.5 Å². The Morgan fingerprint density at radius 1 is 0.846 bits per heavy atom. The maximum absolute atomic E-state index is 7.91. The van der Waals surface area contributed by atoms with E-state index in [1.165, 1.54) is 0 Å². The van der Waals surface area contributed by atoms with E-state index in [0.717, 1.165) is 0 Å². The van der Waals surface area contributed by atoms with E-state index in [1.807, 2.05) is 0 Å². The lowest BCUT2D eigenvalue weighted by molar-refractivity contribution is 1.61. The molecule has 0 aliphatic carbocycles. The van der Waals surface area contributed by atoms with E-state index >= 15 is 0 Å². The highest BCUT2D eigenvalue weighted by Crippen LogP contribution is 2.20. The minimum Gasteiger partial charge on any atom is -0.399 e. The molecular formula is C12H11N. The van der Waals surface area contributed by atoms with Crippen LogP contribution in [-0.4, -0.2) is 0 Å². The van der Waals surface area contributed by atoms with E-state index in [4.69, 9.17) is 18.1 Å². The maximum atomic E-state index is 7.91. The lowest BCUT2D eigenvalue weighted by Crippen LogP contribution is -1.84. The smallest absolute Gasteiger partial charge is 0.0651 e. The van der Waals surface area contributed by atoms with Gasteiger partial charge in [0, 0.05) is 5.69 Å². The Morgan fingerprint density at radius 2 is 1.54 bits per heavy atom. The van der Waals surface area contributed by atoms with Crippen LogP contribution in [0, 0.1) is 0 Å². The monoisotopic (exact) mass is 178 g/mol. The number of rotatable bonds is 1. The summed E-state index contributed by atoms with van der Waals surface area (Å²) in [6.45, 7) is 0. The van der Waals surface area contributed by atoms with Gasteiger partial charge in [0.05, 0.1) is 12.3 Å². The second-order valence-corrected chi connectivity index (χ2v) is 2.29. The fourth-order valence-electron chi connectivity index (χ4n) is 0.858. The summed E-state index contributed by atoms with van der Waals surface area (Å²) in [5.41, 5.74) is 4.49. The molecule has 0 heterocycles. The van der Waals surface area contributed by atoms with Crippen molar-refractivity contribution in [3.8, 4) is 11.1 Å². The highest BCUT2D eigenvalue weighted by atomic mass is 14.5. The summed E-state index contributed by atoms with van der Waals surface area (Å²) in [6.07, 6.45) is 0. The fraction of sp³-hybridized carbons (Fsp3) is 0. The van der Waals surface area contributed by atoms with Gasteiger partial charge in [-0.05, 0) is 23.2 Å². The highest BCUT2D eigenvalue weighted by Gasteiger charge is 1.94. The Morgan fingerprint density at radius 3 is 2.31 bits per heavy atom. The topological polar surface area (TPSA) is 26.0 Å². The molecule has 2 N–H and O–H groups in total. The predicted molar refractivity (Wildman–Crippen MR) is 56.3 cm³/mol. The van der Waals surface area contributed by atoms with Crippen molar-refractivity contribution < 1.29 is 12.3 Å². The van der Waals surface area contributed by atoms with Crippen LogP contribution in [0.2, 0.25) is 0 Å². The molecule has 1 heteroatoms. The van der Waals surface area contributed by atoms with Gasteiger partial charge in [0.2, 0.25) is 0 Å². The zero-order valence-corrected chi connectivity index (χ0v) is 6.58. The molecule has 13 heavy (non-hydrogen) atoms. The third-order valence-electron chi connectivity index (χ3n) is 1.39. The molecule has 2 rings (SSSR count). The number of benzene rings is 2. The van der Waals surface area contributed by atoms with Crippen molar-refractivity contribution in [2.75, 3.05) is 5.73 Å². The molecule has 1 nitrogen and oxygen atoms in total. The second-order valence-electron chi connectivity index (χ2n) is 2.29. The first kappa shape index (κ1) is 2.61. The molecule has 0 saturated carbocycles. The van der Waals surface area contributed by atoms with E-state index in [2.05, 4.69) is 0 Å². The molecule has 0 aliphatic heterocycles. The summed E-state index contributed by atoms with van der Waals surface area (Å²) in [7, 11) is 0. The van der Waals surface area contributed by atoms with E-state index < -0.39 is 54.4 Å². The van der Waals surface area contributed by atoms with Crippen molar-refractivity contribution in [2.24, 2.45) is 0 Å². The Balaban J connectivity index is 3.03. The summed E-state index contributed by atoms with van der Waals surface area (Å²) in [5, 5.41) is 0. The molecule has 2 aromatic carbocycles. The zero-order valence-electron chi connectivity index (χ0n) is 15.6. The normalized spacial score (nSPS) is 19.5. The lowest BCUT2D eigenvalue weighted by atomic mass is 10.1. The van der Waals surface area contributed by atoms with Gasteiger partial charge >= 0.3 is 0 Å². The van der Waals surface area contributed by atoms with Crippen LogP contribution in [0.25, 0.3) is 11.1 Å². The quantitative estimate of drug-likeness (QED) is 0.667. The molecule has 0 fully saturated rings. The Kier molecular flexibility index (Phi) is 0.666. The summed E-state index contributed by atoms with van der Waals surface area (Å²) in [5.74, 6) is 0. The molecule has 0 unspecified atom stereocenters. The average molecular weight is 178 g/mol. The summed E-state index contributed by atoms with van der Waals surface area (Å²) in [6, 6.07) is -5.07. The van der Waals surface area contributed by atoms with Gasteiger partial charge in [0.15, 0.2) is 0 Å². The minimum absolute atomic E-state index is 0.337. The van der Waals surface area contributed by atoms with Gasteiger partial charge in [-0.3, -0.25) is 0 Å². The van der Waals surface area contributed by atoms with Crippen LogP contribution in [0.4, 0.5) is 5.69 Å². The van der Waals surface area contributed by atoms with Gasteiger partial charge in [-0.2, -0.15) is 0 Å². The third kappa shape index (κ3) is 1.70. The van der Waals surface area contributed by atoms with E-state index in [-0.39, 0.29) is 16.8 Å². The van der Waals surface area contributed by atoms with Crippen LogP contribution in [-0.2, 0) is 0 Å². The number of anilines is 1. The SMILES string of the molecule is [2H]c1c([2H])c([2H])c(-c2c([2H])c([2H])c([2H])c(N)c2[2H])c([2H])c1[2H]. The molecule has 0 amide bonds. The first-order valence-corrected chi connectivity index (χ1v) is 3.54. The average Bonchev–Trinajstić information content (AvgIpc) is 2.50.